The normalized spacial score (nSPS) is 12.2. The summed E-state index contributed by atoms with van der Waals surface area (Å²) in [6, 6.07) is 6.08. The Balaban J connectivity index is 2.86. The molecule has 88 valence electrons. The average molecular weight is 220 g/mol. The fourth-order valence-electron chi connectivity index (χ4n) is 1.86. The monoisotopic (exact) mass is 220 g/mol. The summed E-state index contributed by atoms with van der Waals surface area (Å²) in [5.74, 6) is 1.26. The van der Waals surface area contributed by atoms with Crippen LogP contribution in [0.3, 0.4) is 0 Å². The Morgan fingerprint density at radius 2 is 2.12 bits per heavy atom. The van der Waals surface area contributed by atoms with E-state index in [1.807, 2.05) is 26.0 Å². The molecule has 0 saturated carbocycles. The summed E-state index contributed by atoms with van der Waals surface area (Å²) >= 11 is 0. The van der Waals surface area contributed by atoms with Crippen LogP contribution in [0.1, 0.15) is 31.4 Å². The molecule has 0 spiro atoms. The van der Waals surface area contributed by atoms with Crippen LogP contribution in [0.25, 0.3) is 0 Å². The Bertz CT molecular complexity index is 369. The van der Waals surface area contributed by atoms with Gasteiger partial charge in [0.1, 0.15) is 11.5 Å². The fraction of sp³-hybridized carbons (Fsp3) is 0.500. The first-order valence-corrected chi connectivity index (χ1v) is 5.74. The number of rotatable bonds is 5. The summed E-state index contributed by atoms with van der Waals surface area (Å²) in [5.41, 5.74) is 2.32. The van der Waals surface area contributed by atoms with Gasteiger partial charge in [0.05, 0.1) is 7.11 Å². The summed E-state index contributed by atoms with van der Waals surface area (Å²) in [5, 5.41) is 0. The first-order chi connectivity index (χ1) is 7.58. The summed E-state index contributed by atoms with van der Waals surface area (Å²) in [6.45, 7) is 5.94. The molecule has 0 amide bonds. The van der Waals surface area contributed by atoms with Crippen molar-refractivity contribution in [3.63, 3.8) is 0 Å². The molecule has 0 fully saturated rings. The van der Waals surface area contributed by atoms with Crippen LogP contribution in [-0.2, 0) is 11.2 Å². The lowest BCUT2D eigenvalue weighted by Gasteiger charge is -2.13. The van der Waals surface area contributed by atoms with Gasteiger partial charge in [-0.3, -0.25) is 4.79 Å². The van der Waals surface area contributed by atoms with Crippen LogP contribution in [-0.4, -0.2) is 12.9 Å². The van der Waals surface area contributed by atoms with Crippen LogP contribution < -0.4 is 4.74 Å². The molecule has 1 atom stereocenters. The zero-order valence-electron chi connectivity index (χ0n) is 10.5. The minimum absolute atomic E-state index is 0.0701. The Morgan fingerprint density at radius 1 is 1.44 bits per heavy atom. The third-order valence-electron chi connectivity index (χ3n) is 2.86. The SMILES string of the molecule is CCC(=O)C(C)Cc1cc(C)ccc1OC. The van der Waals surface area contributed by atoms with E-state index in [-0.39, 0.29) is 5.92 Å². The van der Waals surface area contributed by atoms with E-state index in [1.54, 1.807) is 7.11 Å². The van der Waals surface area contributed by atoms with Gasteiger partial charge >= 0.3 is 0 Å². The standard InChI is InChI=1S/C14H20O2/c1-5-13(15)11(3)9-12-8-10(2)6-7-14(12)16-4/h6-8,11H,5,9H2,1-4H3. The number of hydrogen-bond donors (Lipinski definition) is 0. The van der Waals surface area contributed by atoms with Crippen LogP contribution in [0.15, 0.2) is 18.2 Å². The maximum atomic E-state index is 11.6. The smallest absolute Gasteiger partial charge is 0.135 e. The van der Waals surface area contributed by atoms with E-state index in [1.165, 1.54) is 5.56 Å². The van der Waals surface area contributed by atoms with E-state index in [9.17, 15) is 4.79 Å². The van der Waals surface area contributed by atoms with Gasteiger partial charge in [-0.1, -0.05) is 31.5 Å². The molecule has 0 aliphatic rings. The van der Waals surface area contributed by atoms with Gasteiger partial charge in [0.2, 0.25) is 0 Å². The Hall–Kier alpha value is -1.31. The van der Waals surface area contributed by atoms with Gasteiger partial charge in [-0.25, -0.2) is 0 Å². The van der Waals surface area contributed by atoms with E-state index in [2.05, 4.69) is 13.0 Å². The first kappa shape index (κ1) is 12.8. The maximum absolute atomic E-state index is 11.6. The number of Topliss-reactive ketones (excluding diaryl/α,β-unsaturated/α-hetero) is 1. The third-order valence-corrected chi connectivity index (χ3v) is 2.86. The Kier molecular flexibility index (Phi) is 4.53. The van der Waals surface area contributed by atoms with Crippen molar-refractivity contribution in [3.8, 4) is 5.75 Å². The molecule has 0 radical (unpaired) electrons. The van der Waals surface area contributed by atoms with Crippen molar-refractivity contribution in [1.29, 1.82) is 0 Å². The van der Waals surface area contributed by atoms with Gasteiger partial charge in [-0.15, -0.1) is 0 Å². The highest BCUT2D eigenvalue weighted by Gasteiger charge is 2.14. The number of carbonyl (C=O) groups is 1. The van der Waals surface area contributed by atoms with Crippen molar-refractivity contribution in [3.05, 3.63) is 29.3 Å². The largest absolute Gasteiger partial charge is 0.496 e. The number of hydrogen-bond acceptors (Lipinski definition) is 2. The highest BCUT2D eigenvalue weighted by Crippen LogP contribution is 2.23. The second kappa shape index (κ2) is 5.69. The van der Waals surface area contributed by atoms with Gasteiger partial charge in [0.15, 0.2) is 0 Å². The van der Waals surface area contributed by atoms with Crippen molar-refractivity contribution >= 4 is 5.78 Å². The molecule has 1 rings (SSSR count). The van der Waals surface area contributed by atoms with Crippen LogP contribution in [0, 0.1) is 12.8 Å². The van der Waals surface area contributed by atoms with Crippen molar-refractivity contribution in [1.82, 2.24) is 0 Å². The van der Waals surface area contributed by atoms with Gasteiger partial charge in [-0.05, 0) is 25.0 Å². The molecule has 1 aromatic rings. The number of ether oxygens (including phenoxy) is 1. The Labute approximate surface area is 97.6 Å². The van der Waals surface area contributed by atoms with Gasteiger partial charge in [-0.2, -0.15) is 0 Å². The van der Waals surface area contributed by atoms with Crippen molar-refractivity contribution in [2.24, 2.45) is 5.92 Å². The molecule has 0 saturated heterocycles. The number of methoxy groups -OCH3 is 1. The van der Waals surface area contributed by atoms with Gasteiger partial charge in [0.25, 0.3) is 0 Å². The van der Waals surface area contributed by atoms with Crippen LogP contribution in [0.5, 0.6) is 5.75 Å². The molecular weight excluding hydrogens is 200 g/mol. The van der Waals surface area contributed by atoms with Gasteiger partial charge in [0, 0.05) is 12.3 Å². The maximum Gasteiger partial charge on any atom is 0.135 e. The highest BCUT2D eigenvalue weighted by molar-refractivity contribution is 5.80. The van der Waals surface area contributed by atoms with Crippen LogP contribution >= 0.6 is 0 Å². The second-order valence-electron chi connectivity index (χ2n) is 4.24. The topological polar surface area (TPSA) is 26.3 Å². The lowest BCUT2D eigenvalue weighted by molar-refractivity contribution is -0.122. The van der Waals surface area contributed by atoms with E-state index in [0.29, 0.717) is 12.2 Å². The van der Waals surface area contributed by atoms with E-state index < -0.39 is 0 Å². The molecule has 0 aromatic heterocycles. The molecule has 0 aliphatic heterocycles. The molecule has 0 heterocycles. The van der Waals surface area contributed by atoms with E-state index in [0.717, 1.165) is 17.7 Å². The molecule has 1 unspecified atom stereocenters. The van der Waals surface area contributed by atoms with Crippen molar-refractivity contribution < 1.29 is 9.53 Å². The predicted molar refractivity (Wildman–Crippen MR) is 65.9 cm³/mol. The molecule has 1 aromatic carbocycles. The number of carbonyl (C=O) groups excluding carboxylic acids is 1. The van der Waals surface area contributed by atoms with Crippen molar-refractivity contribution in [2.45, 2.75) is 33.6 Å². The highest BCUT2D eigenvalue weighted by atomic mass is 16.5. The summed E-state index contributed by atoms with van der Waals surface area (Å²) in [4.78, 5) is 11.6. The molecule has 2 heteroatoms. The molecule has 0 bridgehead atoms. The summed E-state index contributed by atoms with van der Waals surface area (Å²) < 4.78 is 5.30. The van der Waals surface area contributed by atoms with E-state index in [4.69, 9.17) is 4.74 Å². The average Bonchev–Trinajstić information content (AvgIpc) is 2.28. The Morgan fingerprint density at radius 3 is 2.69 bits per heavy atom. The van der Waals surface area contributed by atoms with Gasteiger partial charge < -0.3 is 4.74 Å². The quantitative estimate of drug-likeness (QED) is 0.762. The molecule has 0 N–H and O–H groups in total. The predicted octanol–water partition coefficient (Wildman–Crippen LogP) is 3.16. The minimum atomic E-state index is 0.0701. The summed E-state index contributed by atoms with van der Waals surface area (Å²) in [7, 11) is 1.67. The zero-order chi connectivity index (χ0) is 12.1. The lowest BCUT2D eigenvalue weighted by atomic mass is 9.94. The van der Waals surface area contributed by atoms with E-state index >= 15 is 0 Å². The van der Waals surface area contributed by atoms with Crippen LogP contribution in [0.2, 0.25) is 0 Å². The third kappa shape index (κ3) is 3.09. The minimum Gasteiger partial charge on any atom is -0.496 e. The number of aryl methyl sites for hydroxylation is 1. The van der Waals surface area contributed by atoms with Crippen molar-refractivity contribution in [2.75, 3.05) is 7.11 Å². The summed E-state index contributed by atoms with van der Waals surface area (Å²) in [6.07, 6.45) is 1.37. The first-order valence-electron chi connectivity index (χ1n) is 5.74. The zero-order valence-corrected chi connectivity index (χ0v) is 10.5. The molecule has 0 aliphatic carbocycles. The fourth-order valence-corrected chi connectivity index (χ4v) is 1.86. The molecule has 2 nitrogen and oxygen atoms in total. The second-order valence-corrected chi connectivity index (χ2v) is 4.24. The van der Waals surface area contributed by atoms with Crippen LogP contribution in [0.4, 0.5) is 0 Å². The molecule has 16 heavy (non-hydrogen) atoms. The lowest BCUT2D eigenvalue weighted by Crippen LogP contribution is -2.12. The molecular formula is C14H20O2. The number of ketones is 1. The number of benzene rings is 1.